The Labute approximate surface area is 188 Å². The second-order valence-electron chi connectivity index (χ2n) is 10.3. The fraction of sp³-hybridized carbons (Fsp3) is 0.480. The van der Waals surface area contributed by atoms with Crippen molar-refractivity contribution in [3.05, 3.63) is 53.5 Å². The molecule has 1 saturated heterocycles. The van der Waals surface area contributed by atoms with Crippen molar-refractivity contribution in [1.29, 1.82) is 0 Å². The Kier molecular flexibility index (Phi) is 5.61. The molecule has 2 heterocycles. The summed E-state index contributed by atoms with van der Waals surface area (Å²) in [5, 5.41) is 2.74. The lowest BCUT2D eigenvalue weighted by Crippen LogP contribution is -2.39. The average Bonchev–Trinajstić information content (AvgIpc) is 3.33. The summed E-state index contributed by atoms with van der Waals surface area (Å²) in [5.74, 6) is -0.977. The number of furan rings is 1. The van der Waals surface area contributed by atoms with Gasteiger partial charge < -0.3 is 19.4 Å². The highest BCUT2D eigenvalue weighted by Crippen LogP contribution is 2.52. The molecule has 1 aromatic heterocycles. The number of benzene rings is 1. The van der Waals surface area contributed by atoms with Crippen LogP contribution in [0.1, 0.15) is 66.5 Å². The number of nitrogens with zero attached hydrogens (tertiary/aromatic N) is 1. The predicted octanol–water partition coefficient (Wildman–Crippen LogP) is 4.42. The smallest absolute Gasteiger partial charge is 0.338 e. The van der Waals surface area contributed by atoms with Gasteiger partial charge in [0.2, 0.25) is 0 Å². The van der Waals surface area contributed by atoms with Crippen LogP contribution in [0.4, 0.5) is 5.69 Å². The van der Waals surface area contributed by atoms with Crippen LogP contribution < -0.4 is 5.32 Å². The van der Waals surface area contributed by atoms with Crippen LogP contribution in [0, 0.1) is 17.8 Å². The van der Waals surface area contributed by atoms with Crippen LogP contribution in [0.15, 0.2) is 41.0 Å². The molecule has 7 heteroatoms. The third-order valence-electron chi connectivity index (χ3n) is 6.53. The summed E-state index contributed by atoms with van der Waals surface area (Å²) in [4.78, 5) is 39.6. The highest BCUT2D eigenvalue weighted by atomic mass is 16.5. The van der Waals surface area contributed by atoms with Gasteiger partial charge in [-0.25, -0.2) is 4.79 Å². The summed E-state index contributed by atoms with van der Waals surface area (Å²) < 4.78 is 10.4. The van der Waals surface area contributed by atoms with Crippen molar-refractivity contribution in [2.45, 2.75) is 53.0 Å². The van der Waals surface area contributed by atoms with Gasteiger partial charge in [-0.15, -0.1) is 0 Å². The topological polar surface area (TPSA) is 88.9 Å². The van der Waals surface area contributed by atoms with Crippen LogP contribution in [0.2, 0.25) is 0 Å². The normalized spacial score (nSPS) is 23.6. The summed E-state index contributed by atoms with van der Waals surface area (Å²) in [6.07, 6.45) is 4.49. The predicted molar refractivity (Wildman–Crippen MR) is 119 cm³/mol. The number of carbonyl (C=O) groups excluding carboxylic acids is 3. The number of ether oxygens (including phenoxy) is 1. The van der Waals surface area contributed by atoms with Crippen molar-refractivity contribution in [3.63, 3.8) is 0 Å². The number of fused-ring (bicyclic) bond motifs is 2. The van der Waals surface area contributed by atoms with Crippen LogP contribution >= 0.6 is 0 Å². The number of amides is 2. The molecular weight excluding hydrogens is 408 g/mol. The molecule has 0 spiro atoms. The van der Waals surface area contributed by atoms with Crippen LogP contribution in [0.25, 0.3) is 0 Å². The molecule has 2 amide bonds. The summed E-state index contributed by atoms with van der Waals surface area (Å²) >= 11 is 0. The van der Waals surface area contributed by atoms with E-state index >= 15 is 0 Å². The van der Waals surface area contributed by atoms with Crippen molar-refractivity contribution in [3.8, 4) is 0 Å². The van der Waals surface area contributed by atoms with Gasteiger partial charge in [0.1, 0.15) is 0 Å². The number of esters is 1. The molecule has 0 radical (unpaired) electrons. The first-order valence-corrected chi connectivity index (χ1v) is 11.0. The van der Waals surface area contributed by atoms with E-state index in [2.05, 4.69) is 26.1 Å². The van der Waals surface area contributed by atoms with Gasteiger partial charge in [-0.05, 0) is 66.8 Å². The Hall–Kier alpha value is -3.09. The molecule has 2 aromatic rings. The van der Waals surface area contributed by atoms with Crippen LogP contribution in [0.3, 0.4) is 0 Å². The number of rotatable bonds is 5. The maximum atomic E-state index is 12.9. The number of likely N-dealkylation sites (tertiary alicyclic amines) is 1. The van der Waals surface area contributed by atoms with Gasteiger partial charge in [-0.1, -0.05) is 26.8 Å². The number of carbonyl (C=O) groups is 3. The molecule has 1 aliphatic heterocycles. The molecule has 2 bridgehead atoms. The van der Waals surface area contributed by atoms with Crippen LogP contribution in [-0.2, 0) is 9.53 Å². The number of nitrogens with one attached hydrogen (secondary N) is 1. The summed E-state index contributed by atoms with van der Waals surface area (Å²) in [6.45, 7) is 9.00. The zero-order chi connectivity index (χ0) is 23.1. The highest BCUT2D eigenvalue weighted by molar-refractivity contribution is 6.03. The standard InChI is InChI=1S/C25H30N2O5/c1-16-7-8-17(10-19(16)26-22(29)20-6-5-9-31-20)23(30)32-13-21(28)27-15-25(4)12-18(27)11-24(2,3)14-25/h5-10,18H,11-15H2,1-4H3,(H,26,29)/t18-,25+/m1/s1. The minimum Gasteiger partial charge on any atom is -0.459 e. The lowest BCUT2D eigenvalue weighted by atomic mass is 9.65. The monoisotopic (exact) mass is 438 g/mol. The SMILES string of the molecule is Cc1ccc(C(=O)OCC(=O)N2C[C@@]3(C)C[C@H]2CC(C)(C)C3)cc1NC(=O)c1ccco1. The molecule has 1 aliphatic carbocycles. The van der Waals surface area contributed by atoms with E-state index in [4.69, 9.17) is 9.15 Å². The Morgan fingerprint density at radius 1 is 1.19 bits per heavy atom. The van der Waals surface area contributed by atoms with E-state index in [1.54, 1.807) is 30.3 Å². The molecule has 2 atom stereocenters. The second-order valence-corrected chi connectivity index (χ2v) is 10.3. The third kappa shape index (κ3) is 4.56. The summed E-state index contributed by atoms with van der Waals surface area (Å²) in [5.41, 5.74) is 1.88. The molecule has 7 nitrogen and oxygen atoms in total. The van der Waals surface area contributed by atoms with Gasteiger partial charge in [0.25, 0.3) is 11.8 Å². The lowest BCUT2D eigenvalue weighted by Gasteiger charge is -2.39. The fourth-order valence-electron chi connectivity index (χ4n) is 5.52. The molecule has 1 aromatic carbocycles. The molecule has 32 heavy (non-hydrogen) atoms. The maximum absolute atomic E-state index is 12.9. The Morgan fingerprint density at radius 3 is 2.69 bits per heavy atom. The minimum atomic E-state index is -0.597. The molecule has 1 N–H and O–H groups in total. The van der Waals surface area contributed by atoms with E-state index in [1.165, 1.54) is 6.26 Å². The van der Waals surface area contributed by atoms with Crippen LogP contribution in [-0.4, -0.2) is 41.9 Å². The maximum Gasteiger partial charge on any atom is 0.338 e. The van der Waals surface area contributed by atoms with E-state index in [-0.39, 0.29) is 40.7 Å². The molecule has 1 saturated carbocycles. The van der Waals surface area contributed by atoms with Gasteiger partial charge in [-0.2, -0.15) is 0 Å². The van der Waals surface area contributed by atoms with Crippen LogP contribution in [0.5, 0.6) is 0 Å². The first-order valence-electron chi connectivity index (χ1n) is 11.0. The molecular formula is C25H30N2O5. The van der Waals surface area contributed by atoms with Gasteiger partial charge in [-0.3, -0.25) is 9.59 Å². The van der Waals surface area contributed by atoms with Gasteiger partial charge >= 0.3 is 5.97 Å². The fourth-order valence-corrected chi connectivity index (χ4v) is 5.52. The quantitative estimate of drug-likeness (QED) is 0.698. The van der Waals surface area contributed by atoms with Gasteiger partial charge in [0, 0.05) is 18.3 Å². The number of hydrogen-bond donors (Lipinski definition) is 1. The highest BCUT2D eigenvalue weighted by Gasteiger charge is 2.50. The van der Waals surface area contributed by atoms with E-state index < -0.39 is 11.9 Å². The first kappa shape index (κ1) is 22.1. The summed E-state index contributed by atoms with van der Waals surface area (Å²) in [6, 6.07) is 8.29. The Bertz CT molecular complexity index is 1040. The van der Waals surface area contributed by atoms with Crippen molar-refractivity contribution in [2.75, 3.05) is 18.5 Å². The van der Waals surface area contributed by atoms with Crippen molar-refractivity contribution in [2.24, 2.45) is 10.8 Å². The van der Waals surface area contributed by atoms with E-state index in [0.29, 0.717) is 12.2 Å². The third-order valence-corrected chi connectivity index (χ3v) is 6.53. The molecule has 2 fully saturated rings. The van der Waals surface area contributed by atoms with Crippen molar-refractivity contribution >= 4 is 23.5 Å². The molecule has 170 valence electrons. The van der Waals surface area contributed by atoms with E-state index in [0.717, 1.165) is 24.8 Å². The van der Waals surface area contributed by atoms with Gasteiger partial charge in [0.15, 0.2) is 12.4 Å². The summed E-state index contributed by atoms with van der Waals surface area (Å²) in [7, 11) is 0. The first-order chi connectivity index (χ1) is 15.1. The zero-order valence-electron chi connectivity index (χ0n) is 19.1. The zero-order valence-corrected chi connectivity index (χ0v) is 19.1. The molecule has 4 rings (SSSR count). The van der Waals surface area contributed by atoms with Crippen molar-refractivity contribution < 1.29 is 23.5 Å². The number of hydrogen-bond acceptors (Lipinski definition) is 5. The second kappa shape index (κ2) is 8.11. The van der Waals surface area contributed by atoms with E-state index in [1.807, 2.05) is 11.8 Å². The Morgan fingerprint density at radius 2 is 1.97 bits per heavy atom. The lowest BCUT2D eigenvalue weighted by molar-refractivity contribution is -0.135. The van der Waals surface area contributed by atoms with Crippen molar-refractivity contribution in [1.82, 2.24) is 4.90 Å². The number of anilines is 1. The molecule has 2 aliphatic rings. The minimum absolute atomic E-state index is 0.129. The number of aryl methyl sites for hydroxylation is 1. The van der Waals surface area contributed by atoms with E-state index in [9.17, 15) is 14.4 Å². The Balaban J connectivity index is 1.38. The van der Waals surface area contributed by atoms with Gasteiger partial charge in [0.05, 0.1) is 11.8 Å². The largest absolute Gasteiger partial charge is 0.459 e. The average molecular weight is 439 g/mol. The molecule has 0 unspecified atom stereocenters.